The molecule has 1 aliphatic rings. The van der Waals surface area contributed by atoms with E-state index in [0.29, 0.717) is 12.3 Å². The number of benzene rings is 1. The molecular formula is C12H15NO4. The van der Waals surface area contributed by atoms with Crippen LogP contribution < -0.4 is 14.8 Å². The maximum atomic E-state index is 11.3. The quantitative estimate of drug-likeness (QED) is 0.874. The monoisotopic (exact) mass is 237 g/mol. The fourth-order valence-electron chi connectivity index (χ4n) is 1.48. The number of nitrogens with one attached hydrogen (secondary N) is 1. The molecule has 0 radical (unpaired) electrons. The third kappa shape index (κ3) is 3.03. The molecule has 5 heteroatoms. The van der Waals surface area contributed by atoms with Crippen molar-refractivity contribution < 1.29 is 19.0 Å². The highest BCUT2D eigenvalue weighted by atomic mass is 16.7. The van der Waals surface area contributed by atoms with Crippen molar-refractivity contribution in [1.29, 1.82) is 0 Å². The fraction of sp³-hybridized carbons (Fsp3) is 0.417. The van der Waals surface area contributed by atoms with Gasteiger partial charge >= 0.3 is 6.09 Å². The topological polar surface area (TPSA) is 56.8 Å². The van der Waals surface area contributed by atoms with Gasteiger partial charge in [0.05, 0.1) is 6.10 Å². The summed E-state index contributed by atoms with van der Waals surface area (Å²) in [7, 11) is 0. The van der Waals surface area contributed by atoms with Gasteiger partial charge in [0.1, 0.15) is 0 Å². The molecule has 2 rings (SSSR count). The Kier molecular flexibility index (Phi) is 3.37. The summed E-state index contributed by atoms with van der Waals surface area (Å²) in [5, 5.41) is 2.66. The molecular weight excluding hydrogens is 222 g/mol. The Hall–Kier alpha value is -1.91. The molecule has 0 saturated carbocycles. The van der Waals surface area contributed by atoms with Crippen LogP contribution in [0.1, 0.15) is 19.4 Å². The highest BCUT2D eigenvalue weighted by Crippen LogP contribution is 2.32. The van der Waals surface area contributed by atoms with E-state index >= 15 is 0 Å². The minimum atomic E-state index is -0.419. The fourth-order valence-corrected chi connectivity index (χ4v) is 1.48. The molecule has 0 saturated heterocycles. The summed E-state index contributed by atoms with van der Waals surface area (Å²) in [6.07, 6.45) is -0.538. The standard InChI is InChI=1S/C12H15NO4/c1-8(2)17-12(14)13-6-9-3-4-10-11(5-9)16-7-15-10/h3-5,8H,6-7H2,1-2H3,(H,13,14). The molecule has 1 aromatic carbocycles. The average molecular weight is 237 g/mol. The van der Waals surface area contributed by atoms with E-state index in [0.717, 1.165) is 11.3 Å². The third-order valence-electron chi connectivity index (χ3n) is 2.22. The van der Waals surface area contributed by atoms with Crippen molar-refractivity contribution in [1.82, 2.24) is 5.32 Å². The normalized spacial score (nSPS) is 12.6. The lowest BCUT2D eigenvalue weighted by Crippen LogP contribution is -2.26. The van der Waals surface area contributed by atoms with Crippen LogP contribution in [0.4, 0.5) is 4.79 Å². The second kappa shape index (κ2) is 4.95. The molecule has 1 aromatic rings. The molecule has 0 atom stereocenters. The first-order valence-electron chi connectivity index (χ1n) is 5.48. The third-order valence-corrected chi connectivity index (χ3v) is 2.22. The summed E-state index contributed by atoms with van der Waals surface area (Å²) < 4.78 is 15.4. The van der Waals surface area contributed by atoms with Gasteiger partial charge in [-0.05, 0) is 31.5 Å². The largest absolute Gasteiger partial charge is 0.454 e. The summed E-state index contributed by atoms with van der Waals surface area (Å²) in [6, 6.07) is 5.55. The van der Waals surface area contributed by atoms with Crippen LogP contribution in [0, 0.1) is 0 Å². The Morgan fingerprint density at radius 1 is 1.41 bits per heavy atom. The van der Waals surface area contributed by atoms with Crippen molar-refractivity contribution in [2.45, 2.75) is 26.5 Å². The smallest absolute Gasteiger partial charge is 0.407 e. The van der Waals surface area contributed by atoms with E-state index in [4.69, 9.17) is 14.2 Å². The first kappa shape index (κ1) is 11.6. The lowest BCUT2D eigenvalue weighted by molar-refractivity contribution is 0.115. The maximum absolute atomic E-state index is 11.3. The van der Waals surface area contributed by atoms with Gasteiger partial charge in [-0.1, -0.05) is 6.07 Å². The Morgan fingerprint density at radius 2 is 2.18 bits per heavy atom. The van der Waals surface area contributed by atoms with Crippen molar-refractivity contribution in [2.75, 3.05) is 6.79 Å². The molecule has 0 aromatic heterocycles. The number of hydrogen-bond donors (Lipinski definition) is 1. The van der Waals surface area contributed by atoms with Crippen LogP contribution in [0.5, 0.6) is 11.5 Å². The number of amides is 1. The van der Waals surface area contributed by atoms with Crippen LogP contribution in [0.15, 0.2) is 18.2 Å². The summed E-state index contributed by atoms with van der Waals surface area (Å²) >= 11 is 0. The van der Waals surface area contributed by atoms with Crippen molar-refractivity contribution in [3.05, 3.63) is 23.8 Å². The minimum Gasteiger partial charge on any atom is -0.454 e. The number of rotatable bonds is 3. The van der Waals surface area contributed by atoms with Gasteiger partial charge in [0, 0.05) is 6.54 Å². The number of alkyl carbamates (subject to hydrolysis) is 1. The van der Waals surface area contributed by atoms with Crippen LogP contribution in [0.3, 0.4) is 0 Å². The van der Waals surface area contributed by atoms with Crippen molar-refractivity contribution >= 4 is 6.09 Å². The lowest BCUT2D eigenvalue weighted by Gasteiger charge is -2.09. The van der Waals surface area contributed by atoms with Crippen LogP contribution >= 0.6 is 0 Å². The van der Waals surface area contributed by atoms with Gasteiger partial charge in [-0.2, -0.15) is 0 Å². The summed E-state index contributed by atoms with van der Waals surface area (Å²) in [5.74, 6) is 1.44. The second-order valence-corrected chi connectivity index (χ2v) is 4.00. The molecule has 0 fully saturated rings. The highest BCUT2D eigenvalue weighted by Gasteiger charge is 2.13. The molecule has 0 spiro atoms. The Balaban J connectivity index is 1.89. The van der Waals surface area contributed by atoms with Gasteiger partial charge in [-0.25, -0.2) is 4.79 Å². The van der Waals surface area contributed by atoms with E-state index in [-0.39, 0.29) is 12.9 Å². The molecule has 0 aliphatic carbocycles. The number of hydrogen-bond acceptors (Lipinski definition) is 4. The van der Waals surface area contributed by atoms with Crippen molar-refractivity contribution in [3.63, 3.8) is 0 Å². The van der Waals surface area contributed by atoms with Gasteiger partial charge in [0.25, 0.3) is 0 Å². The number of ether oxygens (including phenoxy) is 3. The lowest BCUT2D eigenvalue weighted by atomic mass is 10.2. The molecule has 17 heavy (non-hydrogen) atoms. The van der Waals surface area contributed by atoms with E-state index in [9.17, 15) is 4.79 Å². The van der Waals surface area contributed by atoms with E-state index in [1.54, 1.807) is 13.8 Å². The van der Waals surface area contributed by atoms with Gasteiger partial charge in [0.2, 0.25) is 6.79 Å². The predicted octanol–water partition coefficient (Wildman–Crippen LogP) is 2.05. The van der Waals surface area contributed by atoms with Crippen LogP contribution in [-0.2, 0) is 11.3 Å². The first-order valence-corrected chi connectivity index (χ1v) is 5.48. The van der Waals surface area contributed by atoms with E-state index in [2.05, 4.69) is 5.32 Å². The SMILES string of the molecule is CC(C)OC(=O)NCc1ccc2c(c1)OCO2. The van der Waals surface area contributed by atoms with Crippen LogP contribution in [0.2, 0.25) is 0 Å². The highest BCUT2D eigenvalue weighted by molar-refractivity contribution is 5.67. The summed E-state index contributed by atoms with van der Waals surface area (Å²) in [6.45, 7) is 4.27. The molecule has 1 N–H and O–H groups in total. The number of carbonyl (C=O) groups is 1. The van der Waals surface area contributed by atoms with Crippen LogP contribution in [-0.4, -0.2) is 19.0 Å². The van der Waals surface area contributed by atoms with Gasteiger partial charge < -0.3 is 19.5 Å². The minimum absolute atomic E-state index is 0.119. The van der Waals surface area contributed by atoms with Crippen molar-refractivity contribution in [2.24, 2.45) is 0 Å². The van der Waals surface area contributed by atoms with Crippen molar-refractivity contribution in [3.8, 4) is 11.5 Å². The Morgan fingerprint density at radius 3 is 2.94 bits per heavy atom. The number of carbonyl (C=O) groups excluding carboxylic acids is 1. The molecule has 1 aliphatic heterocycles. The summed E-state index contributed by atoms with van der Waals surface area (Å²) in [5.41, 5.74) is 0.940. The molecule has 1 amide bonds. The zero-order chi connectivity index (χ0) is 12.3. The van der Waals surface area contributed by atoms with E-state index in [1.165, 1.54) is 0 Å². The van der Waals surface area contributed by atoms with E-state index < -0.39 is 6.09 Å². The number of fused-ring (bicyclic) bond motifs is 1. The Bertz CT molecular complexity index is 417. The second-order valence-electron chi connectivity index (χ2n) is 4.00. The van der Waals surface area contributed by atoms with Crippen LogP contribution in [0.25, 0.3) is 0 Å². The zero-order valence-electron chi connectivity index (χ0n) is 9.86. The first-order chi connectivity index (χ1) is 8.15. The molecule has 1 heterocycles. The van der Waals surface area contributed by atoms with Gasteiger partial charge in [-0.15, -0.1) is 0 Å². The molecule has 0 bridgehead atoms. The van der Waals surface area contributed by atoms with Gasteiger partial charge in [0.15, 0.2) is 11.5 Å². The zero-order valence-corrected chi connectivity index (χ0v) is 9.86. The Labute approximate surface area is 99.7 Å². The maximum Gasteiger partial charge on any atom is 0.407 e. The molecule has 0 unspecified atom stereocenters. The predicted molar refractivity (Wildman–Crippen MR) is 61.0 cm³/mol. The van der Waals surface area contributed by atoms with Gasteiger partial charge in [-0.3, -0.25) is 0 Å². The van der Waals surface area contributed by atoms with E-state index in [1.807, 2.05) is 18.2 Å². The molecule has 92 valence electrons. The molecule has 5 nitrogen and oxygen atoms in total. The summed E-state index contributed by atoms with van der Waals surface area (Å²) in [4.78, 5) is 11.3. The average Bonchev–Trinajstić information content (AvgIpc) is 2.72.